The Kier molecular flexibility index (Phi) is 4.13. The number of rotatable bonds is 6. The first-order valence-electron chi connectivity index (χ1n) is 10.0. The van der Waals surface area contributed by atoms with E-state index in [4.69, 9.17) is 4.74 Å². The number of nitrogens with zero attached hydrogens (tertiary/aromatic N) is 5. The van der Waals surface area contributed by atoms with Crippen LogP contribution in [0.4, 0.5) is 5.95 Å². The topological polar surface area (TPSA) is 153 Å². The van der Waals surface area contributed by atoms with E-state index >= 15 is 0 Å². The van der Waals surface area contributed by atoms with Crippen LogP contribution in [0.2, 0.25) is 0 Å². The summed E-state index contributed by atoms with van der Waals surface area (Å²) in [4.78, 5) is 43.6. The lowest BCUT2D eigenvalue weighted by molar-refractivity contribution is -0.396. The maximum Gasteiger partial charge on any atom is 0.457 e. The van der Waals surface area contributed by atoms with Crippen molar-refractivity contribution in [1.82, 2.24) is 19.9 Å². The molecule has 0 saturated carbocycles. The number of aliphatic hydroxyl groups is 1. The SMILES string of the molecule is CCN(C1=C(C)C(=O)C2=C(C1=O)C(CO)C1(OC)C3NC3CN21)n1ccnc1[N+](=O)[O-]. The van der Waals surface area contributed by atoms with E-state index in [-0.39, 0.29) is 53.6 Å². The van der Waals surface area contributed by atoms with Crippen LogP contribution in [0, 0.1) is 16.0 Å². The van der Waals surface area contributed by atoms with Gasteiger partial charge in [-0.3, -0.25) is 9.59 Å². The summed E-state index contributed by atoms with van der Waals surface area (Å²) in [6, 6.07) is 0.0407. The van der Waals surface area contributed by atoms with Gasteiger partial charge < -0.3 is 30.2 Å². The summed E-state index contributed by atoms with van der Waals surface area (Å²) in [5.41, 5.74) is -0.326. The van der Waals surface area contributed by atoms with Crippen LogP contribution in [0.15, 0.2) is 34.9 Å². The highest BCUT2D eigenvalue weighted by Crippen LogP contribution is 2.55. The first-order chi connectivity index (χ1) is 14.8. The van der Waals surface area contributed by atoms with Crippen molar-refractivity contribution in [3.05, 3.63) is 45.0 Å². The van der Waals surface area contributed by atoms with Gasteiger partial charge in [-0.15, -0.1) is 4.68 Å². The number of carbonyl (C=O) groups excluding carboxylic acids is 2. The molecule has 0 aromatic carbocycles. The summed E-state index contributed by atoms with van der Waals surface area (Å²) in [6.07, 6.45) is 2.63. The van der Waals surface area contributed by atoms with Gasteiger partial charge in [0.15, 0.2) is 5.72 Å². The maximum absolute atomic E-state index is 13.8. The molecule has 12 nitrogen and oxygen atoms in total. The number of nitrogens with one attached hydrogen (secondary N) is 1. The molecule has 4 aliphatic rings. The molecular weight excluding hydrogens is 408 g/mol. The lowest BCUT2D eigenvalue weighted by Gasteiger charge is -2.39. The Morgan fingerprint density at radius 2 is 2.19 bits per heavy atom. The van der Waals surface area contributed by atoms with E-state index in [1.54, 1.807) is 13.8 Å². The van der Waals surface area contributed by atoms with Crippen molar-refractivity contribution < 1.29 is 24.4 Å². The number of fused-ring (bicyclic) bond motifs is 4. The van der Waals surface area contributed by atoms with Crippen molar-refractivity contribution >= 4 is 17.5 Å². The van der Waals surface area contributed by atoms with Crippen LogP contribution < -0.4 is 10.3 Å². The molecule has 5 rings (SSSR count). The van der Waals surface area contributed by atoms with Gasteiger partial charge in [-0.1, -0.05) is 4.98 Å². The van der Waals surface area contributed by atoms with E-state index in [1.807, 2.05) is 4.90 Å². The minimum absolute atomic E-state index is 0.0403. The summed E-state index contributed by atoms with van der Waals surface area (Å²) >= 11 is 0. The molecule has 0 bridgehead atoms. The average Bonchev–Trinajstić information content (AvgIpc) is 3.12. The molecule has 1 aliphatic carbocycles. The van der Waals surface area contributed by atoms with Gasteiger partial charge in [0.05, 0.1) is 30.8 Å². The zero-order valence-corrected chi connectivity index (χ0v) is 17.2. The normalized spacial score (nSPS) is 31.2. The average molecular weight is 430 g/mol. The number of hydrogen-bond acceptors (Lipinski definition) is 10. The van der Waals surface area contributed by atoms with E-state index in [9.17, 15) is 24.8 Å². The number of nitro groups is 1. The van der Waals surface area contributed by atoms with Gasteiger partial charge in [0.2, 0.25) is 11.6 Å². The molecule has 31 heavy (non-hydrogen) atoms. The molecule has 4 unspecified atom stereocenters. The summed E-state index contributed by atoms with van der Waals surface area (Å²) in [6.45, 7) is 3.56. The van der Waals surface area contributed by atoms with Crippen LogP contribution in [-0.4, -0.2) is 80.8 Å². The van der Waals surface area contributed by atoms with Gasteiger partial charge in [-0.2, -0.15) is 0 Å². The number of methoxy groups -OCH3 is 1. The van der Waals surface area contributed by atoms with Crippen molar-refractivity contribution in [2.24, 2.45) is 5.92 Å². The number of piperazine rings is 1. The van der Waals surface area contributed by atoms with Crippen LogP contribution in [0.5, 0.6) is 0 Å². The van der Waals surface area contributed by atoms with Crippen LogP contribution in [0.1, 0.15) is 13.8 Å². The number of ether oxygens (including phenoxy) is 1. The van der Waals surface area contributed by atoms with Crippen molar-refractivity contribution in [3.8, 4) is 0 Å². The Hall–Kier alpha value is -3.09. The molecule has 12 heteroatoms. The summed E-state index contributed by atoms with van der Waals surface area (Å²) in [5.74, 6) is -1.98. The molecule has 4 atom stereocenters. The molecule has 0 radical (unpaired) electrons. The molecule has 1 aromatic rings. The number of hydrogen-bond donors (Lipinski definition) is 2. The van der Waals surface area contributed by atoms with E-state index in [0.717, 1.165) is 4.68 Å². The van der Waals surface area contributed by atoms with Crippen LogP contribution in [-0.2, 0) is 14.3 Å². The number of imidazole rings is 1. The quantitative estimate of drug-likeness (QED) is 0.250. The number of carbonyl (C=O) groups is 2. The second-order valence-corrected chi connectivity index (χ2v) is 7.99. The molecule has 0 amide bonds. The molecule has 2 N–H and O–H groups in total. The van der Waals surface area contributed by atoms with Crippen molar-refractivity contribution in [2.45, 2.75) is 31.7 Å². The summed E-state index contributed by atoms with van der Waals surface area (Å²) in [7, 11) is 1.51. The van der Waals surface area contributed by atoms with E-state index in [1.165, 1.54) is 24.5 Å². The smallest absolute Gasteiger partial charge is 0.396 e. The molecule has 1 aromatic heterocycles. The van der Waals surface area contributed by atoms with E-state index < -0.39 is 28.3 Å². The van der Waals surface area contributed by atoms with Gasteiger partial charge in [-0.05, 0) is 18.8 Å². The van der Waals surface area contributed by atoms with E-state index in [0.29, 0.717) is 6.54 Å². The number of ketones is 2. The monoisotopic (exact) mass is 430 g/mol. The third-order valence-corrected chi connectivity index (χ3v) is 6.77. The molecule has 4 heterocycles. The zero-order valence-electron chi connectivity index (χ0n) is 17.2. The van der Waals surface area contributed by atoms with Gasteiger partial charge in [0.1, 0.15) is 18.1 Å². The van der Waals surface area contributed by atoms with Crippen LogP contribution >= 0.6 is 0 Å². The Balaban J connectivity index is 1.64. The van der Waals surface area contributed by atoms with Crippen molar-refractivity contribution in [3.63, 3.8) is 0 Å². The third kappa shape index (κ3) is 2.26. The van der Waals surface area contributed by atoms with Crippen LogP contribution in [0.3, 0.4) is 0 Å². The van der Waals surface area contributed by atoms with Gasteiger partial charge in [0, 0.05) is 30.8 Å². The second kappa shape index (κ2) is 6.45. The highest BCUT2D eigenvalue weighted by molar-refractivity contribution is 6.26. The fourth-order valence-corrected chi connectivity index (χ4v) is 5.47. The molecule has 164 valence electrons. The fourth-order valence-electron chi connectivity index (χ4n) is 5.47. The molecule has 2 saturated heterocycles. The predicted molar refractivity (Wildman–Crippen MR) is 105 cm³/mol. The molecule has 0 spiro atoms. The highest BCUT2D eigenvalue weighted by atomic mass is 16.6. The predicted octanol–water partition coefficient (Wildman–Crippen LogP) is -0.950. The first-order valence-corrected chi connectivity index (χ1v) is 10.0. The third-order valence-electron chi connectivity index (χ3n) is 6.77. The van der Waals surface area contributed by atoms with Gasteiger partial charge in [0.25, 0.3) is 0 Å². The summed E-state index contributed by atoms with van der Waals surface area (Å²) in [5, 5.41) is 26.3. The Morgan fingerprint density at radius 1 is 1.45 bits per heavy atom. The second-order valence-electron chi connectivity index (χ2n) is 7.99. The minimum atomic E-state index is -1.01. The van der Waals surface area contributed by atoms with Crippen LogP contribution in [0.25, 0.3) is 0 Å². The Morgan fingerprint density at radius 3 is 2.81 bits per heavy atom. The lowest BCUT2D eigenvalue weighted by atomic mass is 9.82. The highest BCUT2D eigenvalue weighted by Gasteiger charge is 2.72. The molecule has 3 aliphatic heterocycles. The minimum Gasteiger partial charge on any atom is -0.396 e. The number of allylic oxidation sites excluding steroid dienone is 2. The van der Waals surface area contributed by atoms with Gasteiger partial charge in [-0.25, -0.2) is 5.01 Å². The summed E-state index contributed by atoms with van der Waals surface area (Å²) < 4.78 is 7.03. The zero-order chi connectivity index (χ0) is 22.2. The first kappa shape index (κ1) is 19.8. The lowest BCUT2D eigenvalue weighted by Crippen LogP contribution is -2.54. The molecule has 2 fully saturated rings. The van der Waals surface area contributed by atoms with E-state index in [2.05, 4.69) is 10.3 Å². The standard InChI is InChI=1S/C19H22N6O6/c1-4-23(24-6-5-20-18(24)25(29)30)13-9(2)15(27)14-12(16(13)28)10(8-26)19(31-3)17-11(21-17)7-22(14)19/h5-6,10-11,17,21,26H,4,7-8H2,1-3H3. The van der Waals surface area contributed by atoms with Gasteiger partial charge >= 0.3 is 5.95 Å². The fraction of sp³-hybridized carbons (Fsp3) is 0.526. The largest absolute Gasteiger partial charge is 0.457 e. The molecular formula is C19H22N6O6. The Bertz CT molecular complexity index is 1090. The van der Waals surface area contributed by atoms with Crippen molar-refractivity contribution in [2.75, 3.05) is 31.8 Å². The number of aliphatic hydroxyl groups excluding tert-OH is 1. The number of aromatic nitrogens is 2. The Labute approximate surface area is 176 Å². The number of likely N-dealkylation sites (N-methyl/N-ethyl adjacent to an activating group) is 1. The van der Waals surface area contributed by atoms with Crippen molar-refractivity contribution in [1.29, 1.82) is 0 Å². The maximum atomic E-state index is 13.8. The number of Topliss-reactive ketones (excluding diaryl/α,β-unsaturated/α-hetero) is 2.